The molecule has 0 bridgehead atoms. The van der Waals surface area contributed by atoms with Gasteiger partial charge in [-0.25, -0.2) is 23.4 Å². The molecular formula is C14H13N5O2S2. The number of thiazole rings is 1. The molecule has 9 heteroatoms. The summed E-state index contributed by atoms with van der Waals surface area (Å²) in [6.45, 7) is 1.87. The van der Waals surface area contributed by atoms with E-state index >= 15 is 0 Å². The standard InChI is InChI=1S/C14H13N5O2S2/c1-10-8-13(17-9-16-10)18-11-2-4-12(5-3-11)23(20,21)19-14-15-6-7-22-14/h2-9H,1H3,(H,15,19)(H,16,17,18). The number of anilines is 3. The Morgan fingerprint density at radius 2 is 1.87 bits per heavy atom. The van der Waals surface area contributed by atoms with Gasteiger partial charge in [-0.15, -0.1) is 11.3 Å². The van der Waals surface area contributed by atoms with E-state index in [2.05, 4.69) is 25.0 Å². The van der Waals surface area contributed by atoms with E-state index in [4.69, 9.17) is 0 Å². The first-order valence-corrected chi connectivity index (χ1v) is 8.97. The number of hydrogen-bond acceptors (Lipinski definition) is 7. The second-order valence-electron chi connectivity index (χ2n) is 4.64. The third-order valence-corrected chi connectivity index (χ3v) is 5.07. The van der Waals surface area contributed by atoms with Crippen LogP contribution < -0.4 is 10.0 Å². The molecule has 23 heavy (non-hydrogen) atoms. The SMILES string of the molecule is Cc1cc(Nc2ccc(S(=O)(=O)Nc3nccs3)cc2)ncn1. The minimum absolute atomic E-state index is 0.164. The van der Waals surface area contributed by atoms with Crippen molar-refractivity contribution in [3.05, 3.63) is 53.9 Å². The van der Waals surface area contributed by atoms with Gasteiger partial charge >= 0.3 is 0 Å². The number of hydrogen-bond donors (Lipinski definition) is 2. The highest BCUT2D eigenvalue weighted by Gasteiger charge is 2.15. The smallest absolute Gasteiger partial charge is 0.263 e. The average Bonchev–Trinajstić information content (AvgIpc) is 3.00. The summed E-state index contributed by atoms with van der Waals surface area (Å²) in [5.41, 5.74) is 1.57. The summed E-state index contributed by atoms with van der Waals surface area (Å²) in [6.07, 6.45) is 3.01. The van der Waals surface area contributed by atoms with E-state index in [0.29, 0.717) is 10.9 Å². The Morgan fingerprint density at radius 1 is 1.09 bits per heavy atom. The molecule has 0 amide bonds. The van der Waals surface area contributed by atoms with Crippen LogP contribution in [0.1, 0.15) is 5.69 Å². The minimum atomic E-state index is -3.64. The molecule has 118 valence electrons. The number of rotatable bonds is 5. The lowest BCUT2D eigenvalue weighted by Crippen LogP contribution is -2.12. The predicted molar refractivity (Wildman–Crippen MR) is 89.4 cm³/mol. The molecular weight excluding hydrogens is 334 g/mol. The Labute approximate surface area is 137 Å². The normalized spacial score (nSPS) is 11.2. The number of benzene rings is 1. The first kappa shape index (κ1) is 15.4. The van der Waals surface area contributed by atoms with Gasteiger partial charge in [-0.2, -0.15) is 0 Å². The van der Waals surface area contributed by atoms with Crippen LogP contribution in [0.25, 0.3) is 0 Å². The van der Waals surface area contributed by atoms with Crippen LogP contribution in [0.4, 0.5) is 16.6 Å². The fraction of sp³-hybridized carbons (Fsp3) is 0.0714. The molecule has 0 radical (unpaired) electrons. The van der Waals surface area contributed by atoms with Gasteiger partial charge in [-0.05, 0) is 31.2 Å². The fourth-order valence-electron chi connectivity index (χ4n) is 1.84. The minimum Gasteiger partial charge on any atom is -0.340 e. The summed E-state index contributed by atoms with van der Waals surface area (Å²) in [4.78, 5) is 12.2. The molecule has 2 heterocycles. The largest absolute Gasteiger partial charge is 0.340 e. The van der Waals surface area contributed by atoms with Crippen molar-refractivity contribution >= 4 is 38.0 Å². The Kier molecular flexibility index (Phi) is 4.22. The zero-order valence-electron chi connectivity index (χ0n) is 12.1. The topological polar surface area (TPSA) is 96.9 Å². The van der Waals surface area contributed by atoms with Gasteiger partial charge in [0.1, 0.15) is 12.1 Å². The van der Waals surface area contributed by atoms with E-state index in [1.807, 2.05) is 6.92 Å². The van der Waals surface area contributed by atoms with Gasteiger partial charge in [-0.1, -0.05) is 0 Å². The van der Waals surface area contributed by atoms with E-state index in [0.717, 1.165) is 11.4 Å². The van der Waals surface area contributed by atoms with Crippen molar-refractivity contribution < 1.29 is 8.42 Å². The summed E-state index contributed by atoms with van der Waals surface area (Å²) in [7, 11) is -3.64. The average molecular weight is 347 g/mol. The third-order valence-electron chi connectivity index (χ3n) is 2.89. The Hall–Kier alpha value is -2.52. The molecule has 0 saturated heterocycles. The maximum atomic E-state index is 12.2. The lowest BCUT2D eigenvalue weighted by molar-refractivity contribution is 0.601. The van der Waals surface area contributed by atoms with Crippen LogP contribution in [0, 0.1) is 6.92 Å². The lowest BCUT2D eigenvalue weighted by atomic mass is 10.3. The van der Waals surface area contributed by atoms with E-state index < -0.39 is 10.0 Å². The summed E-state index contributed by atoms with van der Waals surface area (Å²) in [6, 6.07) is 8.19. The van der Waals surface area contributed by atoms with Crippen molar-refractivity contribution in [3.63, 3.8) is 0 Å². The first-order valence-electron chi connectivity index (χ1n) is 6.61. The number of nitrogens with zero attached hydrogens (tertiary/aromatic N) is 3. The monoisotopic (exact) mass is 347 g/mol. The highest BCUT2D eigenvalue weighted by atomic mass is 32.2. The number of sulfonamides is 1. The van der Waals surface area contributed by atoms with Gasteiger partial charge in [0.2, 0.25) is 0 Å². The molecule has 3 rings (SSSR count). The molecule has 0 aliphatic carbocycles. The van der Waals surface area contributed by atoms with E-state index in [1.54, 1.807) is 29.8 Å². The van der Waals surface area contributed by atoms with Crippen molar-refractivity contribution in [2.75, 3.05) is 10.0 Å². The molecule has 3 aromatic rings. The van der Waals surface area contributed by atoms with Gasteiger partial charge < -0.3 is 5.32 Å². The maximum absolute atomic E-state index is 12.2. The van der Waals surface area contributed by atoms with Crippen LogP contribution in [0.2, 0.25) is 0 Å². The molecule has 0 aliphatic rings. The van der Waals surface area contributed by atoms with Crippen molar-refractivity contribution in [2.24, 2.45) is 0 Å². The van der Waals surface area contributed by atoms with Gasteiger partial charge in [0, 0.05) is 29.0 Å². The lowest BCUT2D eigenvalue weighted by Gasteiger charge is -2.08. The molecule has 7 nitrogen and oxygen atoms in total. The second-order valence-corrected chi connectivity index (χ2v) is 7.21. The van der Waals surface area contributed by atoms with Gasteiger partial charge in [0.15, 0.2) is 5.13 Å². The van der Waals surface area contributed by atoms with Crippen molar-refractivity contribution in [1.29, 1.82) is 0 Å². The molecule has 0 spiro atoms. The summed E-state index contributed by atoms with van der Waals surface area (Å²) < 4.78 is 26.9. The highest BCUT2D eigenvalue weighted by molar-refractivity contribution is 7.93. The number of aryl methyl sites for hydroxylation is 1. The van der Waals surface area contributed by atoms with Crippen LogP contribution in [-0.2, 0) is 10.0 Å². The Bertz CT molecular complexity index is 893. The Balaban J connectivity index is 1.76. The van der Waals surface area contributed by atoms with Crippen molar-refractivity contribution in [1.82, 2.24) is 15.0 Å². The molecule has 0 fully saturated rings. The van der Waals surface area contributed by atoms with Crippen molar-refractivity contribution in [3.8, 4) is 0 Å². The number of nitrogens with one attached hydrogen (secondary N) is 2. The second kappa shape index (κ2) is 6.31. The van der Waals surface area contributed by atoms with Gasteiger partial charge in [0.05, 0.1) is 4.90 Å². The molecule has 0 atom stereocenters. The summed E-state index contributed by atoms with van der Waals surface area (Å²) >= 11 is 1.22. The highest BCUT2D eigenvalue weighted by Crippen LogP contribution is 2.21. The molecule has 0 saturated carbocycles. The zero-order chi connectivity index (χ0) is 16.3. The van der Waals surface area contributed by atoms with E-state index in [9.17, 15) is 8.42 Å². The summed E-state index contributed by atoms with van der Waals surface area (Å²) in [5.74, 6) is 0.647. The van der Waals surface area contributed by atoms with Crippen LogP contribution in [0.15, 0.2) is 53.1 Å². The molecule has 0 unspecified atom stereocenters. The third kappa shape index (κ3) is 3.82. The van der Waals surface area contributed by atoms with Crippen LogP contribution >= 0.6 is 11.3 Å². The van der Waals surface area contributed by atoms with Crippen LogP contribution in [0.3, 0.4) is 0 Å². The zero-order valence-corrected chi connectivity index (χ0v) is 13.7. The van der Waals surface area contributed by atoms with Crippen molar-refractivity contribution in [2.45, 2.75) is 11.8 Å². The fourth-order valence-corrected chi connectivity index (χ4v) is 3.62. The number of aromatic nitrogens is 3. The maximum Gasteiger partial charge on any atom is 0.263 e. The molecule has 0 aliphatic heterocycles. The quantitative estimate of drug-likeness (QED) is 0.736. The first-order chi connectivity index (χ1) is 11.0. The van der Waals surface area contributed by atoms with Crippen LogP contribution in [0.5, 0.6) is 0 Å². The molecule has 2 aromatic heterocycles. The predicted octanol–water partition coefficient (Wildman–Crippen LogP) is 2.79. The Morgan fingerprint density at radius 3 is 2.52 bits per heavy atom. The van der Waals surface area contributed by atoms with E-state index in [1.165, 1.54) is 29.8 Å². The van der Waals surface area contributed by atoms with E-state index in [-0.39, 0.29) is 4.90 Å². The van der Waals surface area contributed by atoms with Gasteiger partial charge in [-0.3, -0.25) is 4.72 Å². The molecule has 1 aromatic carbocycles. The van der Waals surface area contributed by atoms with Crippen LogP contribution in [-0.4, -0.2) is 23.4 Å². The van der Waals surface area contributed by atoms with Gasteiger partial charge in [0.25, 0.3) is 10.0 Å². The summed E-state index contributed by atoms with van der Waals surface area (Å²) in [5, 5.41) is 5.13. The molecule has 2 N–H and O–H groups in total.